The van der Waals surface area contributed by atoms with E-state index in [4.69, 9.17) is 0 Å². The Morgan fingerprint density at radius 1 is 1.44 bits per heavy atom. The molecule has 1 saturated carbocycles. The van der Waals surface area contributed by atoms with Gasteiger partial charge in [-0.15, -0.1) is 0 Å². The van der Waals surface area contributed by atoms with Gasteiger partial charge in [-0.25, -0.2) is 4.79 Å². The molecule has 2 aliphatic rings. The quantitative estimate of drug-likeness (QED) is 0.628. The van der Waals surface area contributed by atoms with Crippen molar-refractivity contribution < 1.29 is 9.90 Å². The third-order valence-corrected chi connectivity index (χ3v) is 3.46. The van der Waals surface area contributed by atoms with Gasteiger partial charge in [-0.3, -0.25) is 0 Å². The molecule has 92 valence electrons. The van der Waals surface area contributed by atoms with Crippen LogP contribution in [-0.2, 0) is 0 Å². The average Bonchev–Trinajstić information content (AvgIpc) is 2.67. The fraction of sp³-hybridized carbons (Fsp3) is 0.909. The van der Waals surface area contributed by atoms with E-state index in [1.165, 1.54) is 6.42 Å². The number of aliphatic hydroxyl groups is 1. The van der Waals surface area contributed by atoms with E-state index in [2.05, 4.69) is 10.6 Å². The van der Waals surface area contributed by atoms with Crippen LogP contribution in [-0.4, -0.2) is 54.4 Å². The molecule has 1 aliphatic heterocycles. The van der Waals surface area contributed by atoms with Gasteiger partial charge >= 0.3 is 6.03 Å². The average molecular weight is 227 g/mol. The molecule has 16 heavy (non-hydrogen) atoms. The number of aliphatic hydroxyl groups excluding tert-OH is 1. The third-order valence-electron chi connectivity index (χ3n) is 3.46. The molecule has 1 saturated heterocycles. The fourth-order valence-corrected chi connectivity index (χ4v) is 2.46. The molecule has 2 fully saturated rings. The molecule has 0 bridgehead atoms. The van der Waals surface area contributed by atoms with E-state index >= 15 is 0 Å². The maximum atomic E-state index is 11.3. The maximum absolute atomic E-state index is 11.3. The zero-order valence-electron chi connectivity index (χ0n) is 9.61. The number of carbonyl (C=O) groups is 1. The Morgan fingerprint density at radius 3 is 2.94 bits per heavy atom. The van der Waals surface area contributed by atoms with Gasteiger partial charge in [-0.1, -0.05) is 12.8 Å². The molecule has 2 atom stereocenters. The molecule has 5 heteroatoms. The lowest BCUT2D eigenvalue weighted by atomic mass is 9.93. The van der Waals surface area contributed by atoms with E-state index in [0.717, 1.165) is 45.4 Å². The fourth-order valence-electron chi connectivity index (χ4n) is 2.46. The SMILES string of the molecule is O=C1NCCN1CCNC1CCCCC1O. The van der Waals surface area contributed by atoms with Crippen molar-refractivity contribution in [1.29, 1.82) is 0 Å². The Labute approximate surface area is 96.2 Å². The van der Waals surface area contributed by atoms with Gasteiger partial charge in [0.1, 0.15) is 0 Å². The number of nitrogens with zero attached hydrogens (tertiary/aromatic N) is 1. The minimum absolute atomic E-state index is 0.0333. The van der Waals surface area contributed by atoms with Crippen LogP contribution in [0.4, 0.5) is 4.79 Å². The van der Waals surface area contributed by atoms with Gasteiger partial charge in [0.25, 0.3) is 0 Å². The number of hydrogen-bond acceptors (Lipinski definition) is 3. The first kappa shape index (κ1) is 11.7. The monoisotopic (exact) mass is 227 g/mol. The van der Waals surface area contributed by atoms with Gasteiger partial charge in [0.15, 0.2) is 0 Å². The van der Waals surface area contributed by atoms with E-state index in [0.29, 0.717) is 0 Å². The number of urea groups is 1. The first-order chi connectivity index (χ1) is 7.77. The van der Waals surface area contributed by atoms with Crippen molar-refractivity contribution in [3.8, 4) is 0 Å². The maximum Gasteiger partial charge on any atom is 0.317 e. The molecule has 0 aromatic carbocycles. The Morgan fingerprint density at radius 2 is 2.25 bits per heavy atom. The molecule has 1 aliphatic carbocycles. The van der Waals surface area contributed by atoms with Gasteiger partial charge < -0.3 is 20.6 Å². The van der Waals surface area contributed by atoms with Gasteiger partial charge in [0.2, 0.25) is 0 Å². The van der Waals surface area contributed by atoms with E-state index in [-0.39, 0.29) is 18.2 Å². The minimum Gasteiger partial charge on any atom is -0.392 e. The lowest BCUT2D eigenvalue weighted by Crippen LogP contribution is -2.45. The standard InChI is InChI=1S/C11H21N3O2/c15-10-4-2-1-3-9(10)12-5-7-14-8-6-13-11(14)16/h9-10,12,15H,1-8H2,(H,13,16). The van der Waals surface area contributed by atoms with E-state index in [1.54, 1.807) is 0 Å². The first-order valence-corrected chi connectivity index (χ1v) is 6.21. The van der Waals surface area contributed by atoms with Gasteiger partial charge in [0.05, 0.1) is 6.10 Å². The number of carbonyl (C=O) groups excluding carboxylic acids is 1. The van der Waals surface area contributed by atoms with Crippen molar-refractivity contribution in [3.63, 3.8) is 0 Å². The molecule has 2 rings (SSSR count). The van der Waals surface area contributed by atoms with Crippen LogP contribution in [0, 0.1) is 0 Å². The van der Waals surface area contributed by atoms with Crippen molar-refractivity contribution in [2.24, 2.45) is 0 Å². The van der Waals surface area contributed by atoms with Crippen molar-refractivity contribution >= 4 is 6.03 Å². The highest BCUT2D eigenvalue weighted by Crippen LogP contribution is 2.18. The second kappa shape index (κ2) is 5.50. The summed E-state index contributed by atoms with van der Waals surface area (Å²) in [6.45, 7) is 3.06. The summed E-state index contributed by atoms with van der Waals surface area (Å²) in [4.78, 5) is 13.1. The smallest absolute Gasteiger partial charge is 0.317 e. The van der Waals surface area contributed by atoms with Gasteiger partial charge in [-0.2, -0.15) is 0 Å². The largest absolute Gasteiger partial charge is 0.392 e. The normalized spacial score (nSPS) is 30.6. The van der Waals surface area contributed by atoms with Crippen molar-refractivity contribution in [3.05, 3.63) is 0 Å². The molecule has 2 unspecified atom stereocenters. The first-order valence-electron chi connectivity index (χ1n) is 6.21. The van der Waals surface area contributed by atoms with Crippen LogP contribution in [0.1, 0.15) is 25.7 Å². The number of amides is 2. The topological polar surface area (TPSA) is 64.6 Å². The molecule has 0 spiro atoms. The third kappa shape index (κ3) is 2.86. The van der Waals surface area contributed by atoms with Crippen LogP contribution in [0.15, 0.2) is 0 Å². The van der Waals surface area contributed by atoms with Crippen LogP contribution < -0.4 is 10.6 Å². The Kier molecular flexibility index (Phi) is 4.01. The Bertz CT molecular complexity index is 247. The van der Waals surface area contributed by atoms with Crippen LogP contribution in [0.5, 0.6) is 0 Å². The highest BCUT2D eigenvalue weighted by atomic mass is 16.3. The molecule has 1 heterocycles. The summed E-state index contributed by atoms with van der Waals surface area (Å²) in [7, 11) is 0. The van der Waals surface area contributed by atoms with E-state index in [1.807, 2.05) is 4.90 Å². The second-order valence-electron chi connectivity index (χ2n) is 4.63. The Balaban J connectivity index is 1.65. The highest BCUT2D eigenvalue weighted by Gasteiger charge is 2.23. The van der Waals surface area contributed by atoms with Crippen molar-refractivity contribution in [2.45, 2.75) is 37.8 Å². The van der Waals surface area contributed by atoms with Crippen LogP contribution in [0.25, 0.3) is 0 Å². The molecule has 0 aromatic heterocycles. The zero-order valence-corrected chi connectivity index (χ0v) is 9.61. The number of rotatable bonds is 4. The summed E-state index contributed by atoms with van der Waals surface area (Å²) in [6.07, 6.45) is 4.07. The lowest BCUT2D eigenvalue weighted by molar-refractivity contribution is 0.0902. The summed E-state index contributed by atoms with van der Waals surface area (Å²) in [5.41, 5.74) is 0. The zero-order chi connectivity index (χ0) is 11.4. The predicted octanol–water partition coefficient (Wildman–Crippen LogP) is -0.0953. The molecule has 5 nitrogen and oxygen atoms in total. The summed E-state index contributed by atoms with van der Waals surface area (Å²) in [5.74, 6) is 0. The van der Waals surface area contributed by atoms with Crippen LogP contribution >= 0.6 is 0 Å². The molecule has 0 aromatic rings. The van der Waals surface area contributed by atoms with E-state index < -0.39 is 0 Å². The molecular formula is C11H21N3O2. The molecule has 0 radical (unpaired) electrons. The van der Waals surface area contributed by atoms with Gasteiger partial charge in [0, 0.05) is 32.2 Å². The van der Waals surface area contributed by atoms with Crippen LogP contribution in [0.3, 0.4) is 0 Å². The van der Waals surface area contributed by atoms with Crippen molar-refractivity contribution in [1.82, 2.24) is 15.5 Å². The highest BCUT2D eigenvalue weighted by molar-refractivity contribution is 5.76. The minimum atomic E-state index is -0.207. The van der Waals surface area contributed by atoms with Crippen LogP contribution in [0.2, 0.25) is 0 Å². The summed E-state index contributed by atoms with van der Waals surface area (Å²) in [5, 5.41) is 15.9. The predicted molar refractivity (Wildman–Crippen MR) is 61.2 cm³/mol. The summed E-state index contributed by atoms with van der Waals surface area (Å²) in [6, 6.07) is 0.255. The molecular weight excluding hydrogens is 206 g/mol. The summed E-state index contributed by atoms with van der Waals surface area (Å²) < 4.78 is 0. The van der Waals surface area contributed by atoms with Crippen molar-refractivity contribution in [2.75, 3.05) is 26.2 Å². The van der Waals surface area contributed by atoms with Gasteiger partial charge in [-0.05, 0) is 12.8 Å². The second-order valence-corrected chi connectivity index (χ2v) is 4.63. The van der Waals surface area contributed by atoms with E-state index in [9.17, 15) is 9.90 Å². The number of nitrogens with one attached hydrogen (secondary N) is 2. The summed E-state index contributed by atoms with van der Waals surface area (Å²) >= 11 is 0. The molecule has 3 N–H and O–H groups in total. The lowest BCUT2D eigenvalue weighted by Gasteiger charge is -2.29. The molecule has 2 amide bonds. The Hall–Kier alpha value is -0.810. The number of hydrogen-bond donors (Lipinski definition) is 3.